The highest BCUT2D eigenvalue weighted by Gasteiger charge is 2.15. The summed E-state index contributed by atoms with van der Waals surface area (Å²) < 4.78 is 1.14. The van der Waals surface area contributed by atoms with Crippen molar-refractivity contribution in [2.45, 2.75) is 19.3 Å². The minimum atomic E-state index is -0.844. The number of unbranched alkanes of at least 4 members (excludes halogenated alkanes) is 1. The zero-order valence-corrected chi connectivity index (χ0v) is 18.9. The Morgan fingerprint density at radius 2 is 1.85 bits per heavy atom. The molecule has 0 radical (unpaired) electrons. The second-order valence-electron chi connectivity index (χ2n) is 7.24. The Bertz CT molecular complexity index is 1200. The number of nitro groups is 1. The lowest BCUT2D eigenvalue weighted by molar-refractivity contribution is -0.384. The van der Waals surface area contributed by atoms with E-state index in [0.29, 0.717) is 24.2 Å². The third kappa shape index (κ3) is 6.66. The number of carboxylic acids is 1. The molecular weight excluding hydrogens is 456 g/mol. The third-order valence-electron chi connectivity index (χ3n) is 4.84. The van der Waals surface area contributed by atoms with Crippen LogP contribution in [0.2, 0.25) is 0 Å². The molecule has 1 aromatic heterocycles. The zero-order chi connectivity index (χ0) is 24.5. The van der Waals surface area contributed by atoms with Gasteiger partial charge in [-0.25, -0.2) is 9.10 Å². The second-order valence-corrected chi connectivity index (χ2v) is 7.64. The van der Waals surface area contributed by atoms with Gasteiger partial charge in [-0.2, -0.15) is 0 Å². The molecule has 2 N–H and O–H groups in total. The van der Waals surface area contributed by atoms with E-state index in [2.05, 4.69) is 23.1 Å². The van der Waals surface area contributed by atoms with Gasteiger partial charge in [-0.1, -0.05) is 37.1 Å². The molecular formula is C24H22N4O5S. The van der Waals surface area contributed by atoms with Crippen molar-refractivity contribution < 1.29 is 19.6 Å². The number of nitrogens with one attached hydrogen (secondary N) is 1. The van der Waals surface area contributed by atoms with Gasteiger partial charge < -0.3 is 10.4 Å². The quantitative estimate of drug-likeness (QED) is 0.160. The van der Waals surface area contributed by atoms with E-state index in [4.69, 9.17) is 5.11 Å². The molecule has 0 bridgehead atoms. The number of aliphatic carboxylic acids is 1. The number of aromatic nitrogens is 1. The van der Waals surface area contributed by atoms with Crippen molar-refractivity contribution in [2.24, 2.45) is 0 Å². The van der Waals surface area contributed by atoms with Crippen LogP contribution in [-0.2, 0) is 4.79 Å². The van der Waals surface area contributed by atoms with Gasteiger partial charge in [0.1, 0.15) is 0 Å². The molecule has 2 aromatic carbocycles. The first-order valence-electron chi connectivity index (χ1n) is 10.3. The molecule has 174 valence electrons. The van der Waals surface area contributed by atoms with Gasteiger partial charge in [0.2, 0.25) is 0 Å². The van der Waals surface area contributed by atoms with Crippen LogP contribution < -0.4 is 9.62 Å². The number of carboxylic acid groups (broad SMARTS) is 1. The maximum absolute atomic E-state index is 12.7. The maximum atomic E-state index is 12.7. The summed E-state index contributed by atoms with van der Waals surface area (Å²) in [6, 6.07) is 15.8. The van der Waals surface area contributed by atoms with E-state index in [1.807, 2.05) is 24.3 Å². The largest absolute Gasteiger partial charge is 0.481 e. The first-order valence-corrected chi connectivity index (χ1v) is 10.7. The van der Waals surface area contributed by atoms with E-state index in [0.717, 1.165) is 21.0 Å². The molecule has 3 aromatic rings. The molecule has 34 heavy (non-hydrogen) atoms. The number of amides is 2. The Hall–Kier alpha value is -4.18. The second kappa shape index (κ2) is 11.6. The third-order valence-corrected chi connectivity index (χ3v) is 5.25. The fourth-order valence-electron chi connectivity index (χ4n) is 3.19. The van der Waals surface area contributed by atoms with Crippen LogP contribution in [0.4, 0.5) is 21.9 Å². The smallest absolute Gasteiger partial charge is 0.336 e. The lowest BCUT2D eigenvalue weighted by Crippen LogP contribution is -2.26. The number of hydrogen-bond acceptors (Lipinski definition) is 6. The van der Waals surface area contributed by atoms with Crippen molar-refractivity contribution in [1.29, 1.82) is 0 Å². The van der Waals surface area contributed by atoms with Crippen LogP contribution in [0.1, 0.15) is 30.4 Å². The van der Waals surface area contributed by atoms with E-state index < -0.39 is 16.9 Å². The SMILES string of the molecule is O=C(O)CCCC=C(c1cccnc1)c1cccc(N(S)C(=O)Nc2ccc([N+](=O)[O-])cc2)c1. The number of anilines is 2. The molecule has 3 rings (SSSR count). The minimum absolute atomic E-state index is 0.0735. The number of carbonyl (C=O) groups excluding carboxylic acids is 1. The molecule has 0 spiro atoms. The van der Waals surface area contributed by atoms with E-state index in [-0.39, 0.29) is 12.1 Å². The van der Waals surface area contributed by atoms with Crippen LogP contribution in [0.5, 0.6) is 0 Å². The van der Waals surface area contributed by atoms with E-state index >= 15 is 0 Å². The normalized spacial score (nSPS) is 11.0. The molecule has 0 atom stereocenters. The predicted molar refractivity (Wildman–Crippen MR) is 133 cm³/mol. The predicted octanol–water partition coefficient (Wildman–Crippen LogP) is 5.56. The van der Waals surface area contributed by atoms with Crippen LogP contribution in [-0.4, -0.2) is 27.0 Å². The molecule has 9 nitrogen and oxygen atoms in total. The van der Waals surface area contributed by atoms with E-state index in [1.165, 1.54) is 24.3 Å². The number of carbonyl (C=O) groups is 2. The standard InChI is InChI=1S/C24H22N4O5S/c29-23(30)9-2-1-8-22(18-6-4-14-25-16-18)17-5-3-7-21(15-17)27(34)24(31)26-19-10-12-20(13-11-19)28(32)33/h3-8,10-16,34H,1-2,9H2,(H,26,31)(H,29,30). The summed E-state index contributed by atoms with van der Waals surface area (Å²) in [6.45, 7) is 0. The molecule has 0 aliphatic rings. The zero-order valence-electron chi connectivity index (χ0n) is 18.0. The Morgan fingerprint density at radius 1 is 1.12 bits per heavy atom. The monoisotopic (exact) mass is 478 g/mol. The lowest BCUT2D eigenvalue weighted by Gasteiger charge is -2.18. The Balaban J connectivity index is 1.81. The van der Waals surface area contributed by atoms with Crippen molar-refractivity contribution in [3.05, 3.63) is 100 Å². The summed E-state index contributed by atoms with van der Waals surface area (Å²) in [4.78, 5) is 38.0. The van der Waals surface area contributed by atoms with Crippen molar-refractivity contribution in [3.63, 3.8) is 0 Å². The Morgan fingerprint density at radius 3 is 2.50 bits per heavy atom. The first-order chi connectivity index (χ1) is 16.3. The topological polar surface area (TPSA) is 126 Å². The van der Waals surface area contributed by atoms with Crippen LogP contribution in [0, 0.1) is 10.1 Å². The van der Waals surface area contributed by atoms with Crippen molar-refractivity contribution in [3.8, 4) is 0 Å². The van der Waals surface area contributed by atoms with Gasteiger partial charge in [0.05, 0.1) is 10.6 Å². The number of nitro benzene ring substituents is 1. The number of thiol groups is 1. The highest BCUT2D eigenvalue weighted by atomic mass is 32.1. The van der Waals surface area contributed by atoms with Gasteiger partial charge in [0.25, 0.3) is 5.69 Å². The molecule has 0 aliphatic carbocycles. The summed E-state index contributed by atoms with van der Waals surface area (Å²) in [6.07, 6.45) is 6.47. The number of benzene rings is 2. The summed E-state index contributed by atoms with van der Waals surface area (Å²) in [5, 5.41) is 22.3. The average molecular weight is 479 g/mol. The summed E-state index contributed by atoms with van der Waals surface area (Å²) in [5.41, 5.74) is 3.34. The number of non-ortho nitro benzene ring substituents is 1. The fraction of sp³-hybridized carbons (Fsp3) is 0.125. The summed E-state index contributed by atoms with van der Waals surface area (Å²) in [5.74, 6) is -0.844. The van der Waals surface area contributed by atoms with Crippen LogP contribution >= 0.6 is 12.8 Å². The van der Waals surface area contributed by atoms with Gasteiger partial charge in [-0.05, 0) is 54.3 Å². The minimum Gasteiger partial charge on any atom is -0.481 e. The molecule has 0 saturated heterocycles. The maximum Gasteiger partial charge on any atom is 0.336 e. The van der Waals surface area contributed by atoms with E-state index in [1.54, 1.807) is 30.6 Å². The lowest BCUT2D eigenvalue weighted by atomic mass is 9.97. The molecule has 10 heteroatoms. The molecule has 0 fully saturated rings. The van der Waals surface area contributed by atoms with Crippen LogP contribution in [0.3, 0.4) is 0 Å². The van der Waals surface area contributed by atoms with Crippen LogP contribution in [0.15, 0.2) is 79.1 Å². The Kier molecular flexibility index (Phi) is 8.36. The van der Waals surface area contributed by atoms with Crippen LogP contribution in [0.25, 0.3) is 5.57 Å². The van der Waals surface area contributed by atoms with Gasteiger partial charge in [-0.3, -0.25) is 19.9 Å². The first kappa shape index (κ1) is 24.5. The number of urea groups is 1. The van der Waals surface area contributed by atoms with Crippen molar-refractivity contribution >= 4 is 47.5 Å². The highest BCUT2D eigenvalue weighted by molar-refractivity contribution is 7.82. The number of nitrogens with zero attached hydrogens (tertiary/aromatic N) is 3. The number of pyridine rings is 1. The highest BCUT2D eigenvalue weighted by Crippen LogP contribution is 2.28. The van der Waals surface area contributed by atoms with Crippen molar-refractivity contribution in [2.75, 3.05) is 9.62 Å². The Labute approximate surface area is 201 Å². The average Bonchev–Trinajstić information content (AvgIpc) is 2.84. The number of allylic oxidation sites excluding steroid dienone is 1. The molecule has 0 aliphatic heterocycles. The van der Waals surface area contributed by atoms with Gasteiger partial charge in [0, 0.05) is 42.2 Å². The number of rotatable bonds is 9. The van der Waals surface area contributed by atoms with Crippen molar-refractivity contribution in [1.82, 2.24) is 4.98 Å². The molecule has 0 unspecified atom stereocenters. The van der Waals surface area contributed by atoms with Gasteiger partial charge in [-0.15, -0.1) is 0 Å². The summed E-state index contributed by atoms with van der Waals surface area (Å²) in [7, 11) is 0. The fourth-order valence-corrected chi connectivity index (χ4v) is 3.36. The van der Waals surface area contributed by atoms with Gasteiger partial charge in [0.15, 0.2) is 0 Å². The molecule has 0 saturated carbocycles. The molecule has 2 amide bonds. The van der Waals surface area contributed by atoms with E-state index in [9.17, 15) is 19.7 Å². The summed E-state index contributed by atoms with van der Waals surface area (Å²) >= 11 is 4.33. The number of hydrogen-bond donors (Lipinski definition) is 3. The van der Waals surface area contributed by atoms with Gasteiger partial charge >= 0.3 is 12.0 Å². The molecule has 1 heterocycles.